The van der Waals surface area contributed by atoms with Crippen molar-refractivity contribution in [3.05, 3.63) is 11.1 Å². The lowest BCUT2D eigenvalue weighted by Crippen LogP contribution is -2.12. The van der Waals surface area contributed by atoms with Gasteiger partial charge in [-0.3, -0.25) is 0 Å². The van der Waals surface area contributed by atoms with Gasteiger partial charge < -0.3 is 0 Å². The van der Waals surface area contributed by atoms with Crippen molar-refractivity contribution >= 4 is 0 Å². The van der Waals surface area contributed by atoms with Crippen molar-refractivity contribution in [3.63, 3.8) is 0 Å². The summed E-state index contributed by atoms with van der Waals surface area (Å²) < 4.78 is 0. The van der Waals surface area contributed by atoms with Gasteiger partial charge in [-0.15, -0.1) is 0 Å². The summed E-state index contributed by atoms with van der Waals surface area (Å²) in [4.78, 5) is 0. The average molecular weight is 246 g/mol. The van der Waals surface area contributed by atoms with Crippen LogP contribution in [0.3, 0.4) is 0 Å². The monoisotopic (exact) mass is 246 g/mol. The Morgan fingerprint density at radius 3 is 2.28 bits per heavy atom. The molecule has 2 unspecified atom stereocenters. The number of allylic oxidation sites excluding steroid dienone is 2. The molecule has 0 aliphatic heterocycles. The van der Waals surface area contributed by atoms with Crippen LogP contribution in [0.25, 0.3) is 0 Å². The molecule has 0 heteroatoms. The van der Waals surface area contributed by atoms with E-state index in [-0.39, 0.29) is 0 Å². The molecule has 3 aliphatic rings. The van der Waals surface area contributed by atoms with Gasteiger partial charge in [-0.25, -0.2) is 0 Å². The normalized spacial score (nSPS) is 32.8. The zero-order chi connectivity index (χ0) is 12.4. The minimum atomic E-state index is 0.976. The van der Waals surface area contributed by atoms with Crippen molar-refractivity contribution in [1.82, 2.24) is 0 Å². The number of hydrogen-bond acceptors (Lipinski definition) is 0. The van der Waals surface area contributed by atoms with E-state index in [0.29, 0.717) is 0 Å². The second kappa shape index (κ2) is 5.80. The molecule has 0 N–H and O–H groups in total. The minimum absolute atomic E-state index is 0.976. The van der Waals surface area contributed by atoms with E-state index in [1.54, 1.807) is 25.7 Å². The number of hydrogen-bond donors (Lipinski definition) is 0. The van der Waals surface area contributed by atoms with E-state index >= 15 is 0 Å². The summed E-state index contributed by atoms with van der Waals surface area (Å²) in [6.45, 7) is 2.46. The van der Waals surface area contributed by atoms with Gasteiger partial charge in [-0.05, 0) is 69.6 Å². The van der Waals surface area contributed by atoms with Crippen LogP contribution in [0.4, 0.5) is 0 Å². The third-order valence-corrected chi connectivity index (χ3v) is 6.13. The van der Waals surface area contributed by atoms with Crippen molar-refractivity contribution < 1.29 is 0 Å². The first-order valence-electron chi connectivity index (χ1n) is 8.51. The van der Waals surface area contributed by atoms with Crippen LogP contribution in [0.15, 0.2) is 11.1 Å². The molecule has 0 heterocycles. The fourth-order valence-corrected chi connectivity index (χ4v) is 4.47. The van der Waals surface area contributed by atoms with Gasteiger partial charge in [0.05, 0.1) is 0 Å². The van der Waals surface area contributed by atoms with Gasteiger partial charge in [0.1, 0.15) is 0 Å². The van der Waals surface area contributed by atoms with Crippen molar-refractivity contribution in [3.8, 4) is 0 Å². The van der Waals surface area contributed by atoms with Crippen LogP contribution in [0.5, 0.6) is 0 Å². The van der Waals surface area contributed by atoms with Gasteiger partial charge in [0.2, 0.25) is 0 Å². The van der Waals surface area contributed by atoms with Crippen LogP contribution in [-0.2, 0) is 0 Å². The maximum absolute atomic E-state index is 2.46. The molecule has 18 heavy (non-hydrogen) atoms. The van der Waals surface area contributed by atoms with Gasteiger partial charge in [0, 0.05) is 0 Å². The summed E-state index contributed by atoms with van der Waals surface area (Å²) >= 11 is 0. The van der Waals surface area contributed by atoms with Gasteiger partial charge in [-0.1, -0.05) is 43.3 Å². The van der Waals surface area contributed by atoms with E-state index in [9.17, 15) is 0 Å². The lowest BCUT2D eigenvalue weighted by atomic mass is 9.80. The molecule has 0 spiro atoms. The predicted molar refractivity (Wildman–Crippen MR) is 78.6 cm³/mol. The molecule has 0 aromatic heterocycles. The summed E-state index contributed by atoms with van der Waals surface area (Å²) in [5.74, 6) is 3.18. The Balaban J connectivity index is 1.46. The predicted octanol–water partition coefficient (Wildman–Crippen LogP) is 5.87. The lowest BCUT2D eigenvalue weighted by Gasteiger charge is -2.26. The zero-order valence-corrected chi connectivity index (χ0v) is 12.2. The Labute approximate surface area is 113 Å². The topological polar surface area (TPSA) is 0 Å². The summed E-state index contributed by atoms with van der Waals surface area (Å²) in [6, 6.07) is 0. The molecule has 102 valence electrons. The molecule has 3 rings (SSSR count). The molecule has 0 nitrogen and oxygen atoms in total. The zero-order valence-electron chi connectivity index (χ0n) is 12.2. The van der Waals surface area contributed by atoms with E-state index in [2.05, 4.69) is 6.92 Å². The maximum Gasteiger partial charge on any atom is -0.0201 e. The van der Waals surface area contributed by atoms with E-state index in [4.69, 9.17) is 0 Å². The molecule has 2 atom stereocenters. The Kier molecular flexibility index (Phi) is 4.11. The van der Waals surface area contributed by atoms with Crippen LogP contribution in [0.2, 0.25) is 0 Å². The molecule has 0 amide bonds. The standard InChI is InChI=1S/C18H30/c1-14(17-7-2-3-8-17)18-12-11-16(13-18)10-9-15-5-4-6-15/h15-16,18H,2-13H2,1H3. The van der Waals surface area contributed by atoms with Crippen molar-refractivity contribution in [2.75, 3.05) is 0 Å². The first kappa shape index (κ1) is 12.8. The molecule has 3 saturated carbocycles. The third-order valence-electron chi connectivity index (χ3n) is 6.13. The van der Waals surface area contributed by atoms with E-state index in [1.807, 2.05) is 11.1 Å². The van der Waals surface area contributed by atoms with Crippen LogP contribution in [0, 0.1) is 17.8 Å². The van der Waals surface area contributed by atoms with Gasteiger partial charge >= 0.3 is 0 Å². The van der Waals surface area contributed by atoms with Crippen LogP contribution in [0.1, 0.15) is 84.0 Å². The smallest absolute Gasteiger partial charge is 0.0201 e. The molecule has 0 aromatic carbocycles. The molecular formula is C18H30. The van der Waals surface area contributed by atoms with Crippen LogP contribution < -0.4 is 0 Å². The summed E-state index contributed by atoms with van der Waals surface area (Å²) in [5.41, 5.74) is 3.67. The SMILES string of the molecule is CC(=C1CCCC1)C1CCC(CCC2CCC2)C1. The second-order valence-electron chi connectivity index (χ2n) is 7.24. The third kappa shape index (κ3) is 2.83. The van der Waals surface area contributed by atoms with Crippen LogP contribution in [-0.4, -0.2) is 0 Å². The Hall–Kier alpha value is -0.260. The largest absolute Gasteiger partial charge is 0.0710 e. The van der Waals surface area contributed by atoms with Crippen molar-refractivity contribution in [2.45, 2.75) is 84.0 Å². The first-order chi connectivity index (χ1) is 8.83. The van der Waals surface area contributed by atoms with Gasteiger partial charge in [0.15, 0.2) is 0 Å². The number of rotatable bonds is 4. The molecule has 3 aliphatic carbocycles. The average Bonchev–Trinajstić information content (AvgIpc) is 2.97. The van der Waals surface area contributed by atoms with Crippen LogP contribution >= 0.6 is 0 Å². The molecule has 3 fully saturated rings. The summed E-state index contributed by atoms with van der Waals surface area (Å²) in [5, 5.41) is 0. The fourth-order valence-electron chi connectivity index (χ4n) is 4.47. The Bertz CT molecular complexity index is 300. The fraction of sp³-hybridized carbons (Fsp3) is 0.889. The second-order valence-corrected chi connectivity index (χ2v) is 7.24. The Morgan fingerprint density at radius 2 is 1.61 bits per heavy atom. The van der Waals surface area contributed by atoms with E-state index in [0.717, 1.165) is 17.8 Å². The Morgan fingerprint density at radius 1 is 0.889 bits per heavy atom. The van der Waals surface area contributed by atoms with Crippen molar-refractivity contribution in [2.24, 2.45) is 17.8 Å². The summed E-state index contributed by atoms with van der Waals surface area (Å²) in [6.07, 6.45) is 18.0. The quantitative estimate of drug-likeness (QED) is 0.544. The van der Waals surface area contributed by atoms with Crippen molar-refractivity contribution in [1.29, 1.82) is 0 Å². The maximum atomic E-state index is 2.46. The highest BCUT2D eigenvalue weighted by atomic mass is 14.3. The highest BCUT2D eigenvalue weighted by molar-refractivity contribution is 5.18. The van der Waals surface area contributed by atoms with E-state index in [1.165, 1.54) is 51.4 Å². The molecule has 0 bridgehead atoms. The first-order valence-corrected chi connectivity index (χ1v) is 8.51. The minimum Gasteiger partial charge on any atom is -0.0710 e. The highest BCUT2D eigenvalue weighted by Crippen LogP contribution is 2.42. The lowest BCUT2D eigenvalue weighted by molar-refractivity contribution is 0.269. The molecule has 0 radical (unpaired) electrons. The molecule has 0 saturated heterocycles. The molecular weight excluding hydrogens is 216 g/mol. The van der Waals surface area contributed by atoms with Gasteiger partial charge in [0.25, 0.3) is 0 Å². The molecule has 0 aromatic rings. The highest BCUT2D eigenvalue weighted by Gasteiger charge is 2.28. The van der Waals surface area contributed by atoms with Gasteiger partial charge in [-0.2, -0.15) is 0 Å². The summed E-state index contributed by atoms with van der Waals surface area (Å²) in [7, 11) is 0. The van der Waals surface area contributed by atoms with E-state index < -0.39 is 0 Å².